The number of rotatable bonds is 9. The van der Waals surface area contributed by atoms with E-state index in [2.05, 4.69) is 29.7 Å². The molecule has 12 heteroatoms. The smallest absolute Gasteiger partial charge is 0.441 e. The molecule has 176 valence electrons. The molecule has 0 saturated carbocycles. The first-order valence-corrected chi connectivity index (χ1v) is 12.1. The molecule has 0 spiro atoms. The van der Waals surface area contributed by atoms with Crippen LogP contribution in [0.25, 0.3) is 10.4 Å². The molecule has 0 radical (unpaired) electrons. The Balaban J connectivity index is 1.82. The molecule has 1 amide bonds. The van der Waals surface area contributed by atoms with Gasteiger partial charge in [0.15, 0.2) is 0 Å². The Kier molecular flexibility index (Phi) is 8.58. The van der Waals surface area contributed by atoms with Crippen LogP contribution in [0.2, 0.25) is 0 Å². The number of nitrogens with one attached hydrogen (secondary N) is 2. The third-order valence-corrected chi connectivity index (χ3v) is 6.33. The average Bonchev–Trinajstić information content (AvgIpc) is 3.29. The first-order chi connectivity index (χ1) is 15.9. The fraction of sp³-hybridized carbons (Fsp3) is 0.286. The van der Waals surface area contributed by atoms with Crippen molar-refractivity contribution in [2.24, 2.45) is 4.36 Å². The predicted octanol–water partition coefficient (Wildman–Crippen LogP) is 3.93. The Bertz CT molecular complexity index is 1180. The minimum absolute atomic E-state index is 0.0591. The fourth-order valence-electron chi connectivity index (χ4n) is 2.66. The molecule has 1 unspecified atom stereocenters. The standard InChI is InChI=1S/C21H25N5O5S2/c1-4-31-21(28)26-33(29)16-7-5-14(6-8-16)24-20-22-10-17(18-9-15(30-3)12-32-18)19(25-20)23-13(2)11-27/h5-10,12-13,27,33H,4,11H2,1-3H3,(H2,22,23,24,25)/t13-/m1/s1. The highest BCUT2D eigenvalue weighted by Crippen LogP contribution is 2.35. The van der Waals surface area contributed by atoms with E-state index >= 15 is 0 Å². The summed E-state index contributed by atoms with van der Waals surface area (Å²) in [4.78, 5) is 21.7. The summed E-state index contributed by atoms with van der Waals surface area (Å²) < 4.78 is 25.6. The Labute approximate surface area is 197 Å². The number of thiophene rings is 1. The minimum atomic E-state index is -2.25. The van der Waals surface area contributed by atoms with Crippen LogP contribution in [0, 0.1) is 0 Å². The van der Waals surface area contributed by atoms with E-state index in [9.17, 15) is 14.1 Å². The molecular weight excluding hydrogens is 466 g/mol. The van der Waals surface area contributed by atoms with Crippen LogP contribution >= 0.6 is 11.3 Å². The molecule has 0 bridgehead atoms. The van der Waals surface area contributed by atoms with Gasteiger partial charge in [-0.3, -0.25) is 0 Å². The largest absolute Gasteiger partial charge is 0.496 e. The number of methoxy groups -OCH3 is 1. The number of anilines is 3. The summed E-state index contributed by atoms with van der Waals surface area (Å²) in [5, 5.41) is 17.6. The molecule has 0 saturated heterocycles. The van der Waals surface area contributed by atoms with E-state index in [-0.39, 0.29) is 19.3 Å². The Hall–Kier alpha value is -3.22. The van der Waals surface area contributed by atoms with Crippen molar-refractivity contribution in [3.05, 3.63) is 41.9 Å². The number of amides is 1. The van der Waals surface area contributed by atoms with Crippen molar-refractivity contribution in [2.45, 2.75) is 24.8 Å². The van der Waals surface area contributed by atoms with Gasteiger partial charge in [-0.15, -0.1) is 15.7 Å². The fourth-order valence-corrected chi connectivity index (χ4v) is 4.26. The molecule has 3 N–H and O–H groups in total. The summed E-state index contributed by atoms with van der Waals surface area (Å²) in [6.07, 6.45) is 0.839. The van der Waals surface area contributed by atoms with Gasteiger partial charge in [-0.2, -0.15) is 4.98 Å². The molecule has 0 aliphatic carbocycles. The SMILES string of the molecule is CCOC(=O)N=[SH](=O)c1ccc(Nc2ncc(-c3cc(OC)cs3)c(N[C@H](C)CO)n2)cc1. The topological polar surface area (TPSA) is 135 Å². The summed E-state index contributed by atoms with van der Waals surface area (Å²) >= 11 is 1.50. The quantitative estimate of drug-likeness (QED) is 0.328. The van der Waals surface area contributed by atoms with Crippen molar-refractivity contribution in [2.75, 3.05) is 31.0 Å². The number of carbonyl (C=O) groups excluding carboxylic acids is 1. The summed E-state index contributed by atoms with van der Waals surface area (Å²) in [5.41, 5.74) is 1.44. The van der Waals surface area contributed by atoms with E-state index in [0.29, 0.717) is 22.3 Å². The molecule has 3 rings (SSSR count). The highest BCUT2D eigenvalue weighted by molar-refractivity contribution is 7.75. The second-order valence-electron chi connectivity index (χ2n) is 6.78. The van der Waals surface area contributed by atoms with Gasteiger partial charge in [-0.25, -0.2) is 14.0 Å². The maximum absolute atomic E-state index is 12.2. The van der Waals surface area contributed by atoms with Crippen molar-refractivity contribution < 1.29 is 23.6 Å². The second kappa shape index (κ2) is 11.6. The van der Waals surface area contributed by atoms with Gasteiger partial charge in [0, 0.05) is 33.1 Å². The molecule has 0 fully saturated rings. The van der Waals surface area contributed by atoms with Gasteiger partial charge >= 0.3 is 6.09 Å². The number of carbonyl (C=O) groups is 1. The zero-order chi connectivity index (χ0) is 23.8. The van der Waals surface area contributed by atoms with E-state index in [1.165, 1.54) is 11.3 Å². The molecule has 33 heavy (non-hydrogen) atoms. The molecule has 2 heterocycles. The van der Waals surface area contributed by atoms with E-state index < -0.39 is 16.7 Å². The zero-order valence-corrected chi connectivity index (χ0v) is 20.0. The van der Waals surface area contributed by atoms with Gasteiger partial charge in [0.05, 0.1) is 36.5 Å². The van der Waals surface area contributed by atoms with Gasteiger partial charge in [0.2, 0.25) is 5.95 Å². The third-order valence-electron chi connectivity index (χ3n) is 4.31. The molecule has 0 aliphatic rings. The molecule has 2 atom stereocenters. The number of aliphatic hydroxyl groups excluding tert-OH is 1. The van der Waals surface area contributed by atoms with Crippen LogP contribution in [0.15, 0.2) is 51.2 Å². The van der Waals surface area contributed by atoms with Gasteiger partial charge in [0.1, 0.15) is 11.6 Å². The van der Waals surface area contributed by atoms with Crippen LogP contribution in [-0.2, 0) is 15.3 Å². The van der Waals surface area contributed by atoms with Crippen molar-refractivity contribution >= 4 is 45.5 Å². The van der Waals surface area contributed by atoms with Gasteiger partial charge in [0.25, 0.3) is 0 Å². The monoisotopic (exact) mass is 491 g/mol. The summed E-state index contributed by atoms with van der Waals surface area (Å²) in [5.74, 6) is 1.64. The van der Waals surface area contributed by atoms with Crippen LogP contribution in [-0.4, -0.2) is 51.7 Å². The molecule has 0 aliphatic heterocycles. The van der Waals surface area contributed by atoms with E-state index in [0.717, 1.165) is 16.2 Å². The number of aromatic nitrogens is 2. The molecule has 3 aromatic rings. The van der Waals surface area contributed by atoms with Gasteiger partial charge < -0.3 is 25.2 Å². The second-order valence-corrected chi connectivity index (χ2v) is 8.95. The number of thiol groups is 1. The van der Waals surface area contributed by atoms with Crippen LogP contribution in [0.3, 0.4) is 0 Å². The summed E-state index contributed by atoms with van der Waals surface area (Å²) in [6, 6.07) is 8.26. The normalized spacial score (nSPS) is 12.7. The van der Waals surface area contributed by atoms with E-state index in [1.807, 2.05) is 18.4 Å². The highest BCUT2D eigenvalue weighted by atomic mass is 32.2. The van der Waals surface area contributed by atoms with Crippen LogP contribution in [0.1, 0.15) is 13.8 Å². The molecular formula is C21H25N5O5S2. The average molecular weight is 492 g/mol. The lowest BCUT2D eigenvalue weighted by molar-refractivity contribution is 0.164. The Morgan fingerprint density at radius 1 is 1.33 bits per heavy atom. The van der Waals surface area contributed by atoms with Crippen molar-refractivity contribution in [3.8, 4) is 16.2 Å². The van der Waals surface area contributed by atoms with Gasteiger partial charge in [-0.05, 0) is 44.2 Å². The van der Waals surface area contributed by atoms with E-state index in [4.69, 9.17) is 4.74 Å². The van der Waals surface area contributed by atoms with Crippen LogP contribution in [0.4, 0.5) is 22.2 Å². The van der Waals surface area contributed by atoms with Crippen molar-refractivity contribution in [1.82, 2.24) is 9.97 Å². The Morgan fingerprint density at radius 3 is 2.73 bits per heavy atom. The lowest BCUT2D eigenvalue weighted by Crippen LogP contribution is -2.21. The maximum Gasteiger partial charge on any atom is 0.441 e. The number of nitrogens with zero attached hydrogens (tertiary/aromatic N) is 3. The number of aliphatic hydroxyl groups is 1. The van der Waals surface area contributed by atoms with Crippen molar-refractivity contribution in [1.29, 1.82) is 0 Å². The third kappa shape index (κ3) is 6.63. The van der Waals surface area contributed by atoms with Crippen molar-refractivity contribution in [3.63, 3.8) is 0 Å². The number of hydrogen-bond donors (Lipinski definition) is 4. The zero-order valence-electron chi connectivity index (χ0n) is 18.3. The summed E-state index contributed by atoms with van der Waals surface area (Å²) in [7, 11) is -0.640. The van der Waals surface area contributed by atoms with E-state index in [1.54, 1.807) is 44.5 Å². The predicted molar refractivity (Wildman–Crippen MR) is 129 cm³/mol. The first-order valence-electron chi connectivity index (χ1n) is 10.0. The lowest BCUT2D eigenvalue weighted by atomic mass is 10.2. The number of benzene rings is 1. The van der Waals surface area contributed by atoms with Gasteiger partial charge in [-0.1, -0.05) is 0 Å². The summed E-state index contributed by atoms with van der Waals surface area (Å²) in [6.45, 7) is 3.60. The molecule has 1 aromatic carbocycles. The highest BCUT2D eigenvalue weighted by Gasteiger charge is 2.14. The Morgan fingerprint density at radius 2 is 2.09 bits per heavy atom. The number of ether oxygens (including phenoxy) is 2. The van der Waals surface area contributed by atoms with Crippen LogP contribution in [0.5, 0.6) is 5.75 Å². The maximum atomic E-state index is 12.2. The number of hydrogen-bond acceptors (Lipinski definition) is 10. The van der Waals surface area contributed by atoms with Crippen LogP contribution < -0.4 is 15.4 Å². The molecule has 2 aromatic heterocycles. The minimum Gasteiger partial charge on any atom is -0.496 e. The molecule has 10 nitrogen and oxygen atoms in total. The lowest BCUT2D eigenvalue weighted by Gasteiger charge is -2.16. The first kappa shape index (κ1) is 24.4.